The van der Waals surface area contributed by atoms with Crippen LogP contribution in [0.4, 0.5) is 0 Å². The van der Waals surface area contributed by atoms with E-state index in [9.17, 15) is 0 Å². The molecule has 0 aliphatic heterocycles. The van der Waals surface area contributed by atoms with Gasteiger partial charge in [0.1, 0.15) is 28.0 Å². The van der Waals surface area contributed by atoms with E-state index in [1.54, 1.807) is 0 Å². The first-order chi connectivity index (χ1) is 7.67. The first-order valence-electron chi connectivity index (χ1n) is 5.65. The average molecular weight is 212 g/mol. The highest BCUT2D eigenvalue weighted by Gasteiger charge is 1.98. The SMILES string of the molecule is Bc1ccc(OCC(/C=C\C)=C/C)cc1B. The number of benzene rings is 1. The molecule has 0 atom stereocenters. The van der Waals surface area contributed by atoms with Crippen LogP contribution < -0.4 is 15.7 Å². The van der Waals surface area contributed by atoms with Crippen molar-refractivity contribution in [2.24, 2.45) is 0 Å². The zero-order chi connectivity index (χ0) is 12.0. The van der Waals surface area contributed by atoms with Crippen LogP contribution in [0.15, 0.2) is 42.0 Å². The van der Waals surface area contributed by atoms with Crippen LogP contribution in [0, 0.1) is 0 Å². The van der Waals surface area contributed by atoms with E-state index < -0.39 is 0 Å². The second-order valence-electron chi connectivity index (χ2n) is 3.90. The molecule has 0 saturated carbocycles. The maximum Gasteiger partial charge on any atom is 0.138 e. The van der Waals surface area contributed by atoms with Crippen LogP contribution in [0.5, 0.6) is 5.75 Å². The second-order valence-corrected chi connectivity index (χ2v) is 3.90. The Morgan fingerprint density at radius 3 is 2.56 bits per heavy atom. The number of allylic oxidation sites excluding steroid dienone is 2. The first kappa shape index (κ1) is 12.7. The van der Waals surface area contributed by atoms with Crippen molar-refractivity contribution >= 4 is 26.6 Å². The maximum atomic E-state index is 5.73. The lowest BCUT2D eigenvalue weighted by molar-refractivity contribution is 0.356. The summed E-state index contributed by atoms with van der Waals surface area (Å²) in [4.78, 5) is 0. The molecule has 0 amide bonds. The van der Waals surface area contributed by atoms with E-state index in [2.05, 4.69) is 40.0 Å². The minimum Gasteiger partial charge on any atom is -0.489 e. The quantitative estimate of drug-likeness (QED) is 0.508. The van der Waals surface area contributed by atoms with Gasteiger partial charge in [-0.2, -0.15) is 0 Å². The van der Waals surface area contributed by atoms with Crippen molar-refractivity contribution in [3.8, 4) is 5.75 Å². The first-order valence-corrected chi connectivity index (χ1v) is 5.65. The van der Waals surface area contributed by atoms with Gasteiger partial charge in [-0.1, -0.05) is 35.2 Å². The van der Waals surface area contributed by atoms with Gasteiger partial charge in [-0.25, -0.2) is 0 Å². The van der Waals surface area contributed by atoms with Crippen molar-refractivity contribution < 1.29 is 4.74 Å². The zero-order valence-corrected chi connectivity index (χ0v) is 10.6. The number of rotatable bonds is 4. The fraction of sp³-hybridized carbons (Fsp3) is 0.231. The van der Waals surface area contributed by atoms with Crippen molar-refractivity contribution in [2.75, 3.05) is 6.61 Å². The number of hydrogen-bond acceptors (Lipinski definition) is 1. The highest BCUT2D eigenvalue weighted by Crippen LogP contribution is 2.08. The van der Waals surface area contributed by atoms with Gasteiger partial charge in [-0.15, -0.1) is 0 Å². The Balaban J connectivity index is 2.64. The Morgan fingerprint density at radius 2 is 2.00 bits per heavy atom. The molecule has 0 aliphatic carbocycles. The predicted molar refractivity (Wildman–Crippen MR) is 76.9 cm³/mol. The molecule has 1 aromatic carbocycles. The van der Waals surface area contributed by atoms with Crippen molar-refractivity contribution in [3.05, 3.63) is 42.0 Å². The molecule has 1 rings (SSSR count). The molecule has 82 valence electrons. The maximum absolute atomic E-state index is 5.73. The molecule has 0 saturated heterocycles. The summed E-state index contributed by atoms with van der Waals surface area (Å²) in [5, 5.41) is 0. The Bertz CT molecular complexity index is 408. The van der Waals surface area contributed by atoms with Gasteiger partial charge >= 0.3 is 0 Å². The summed E-state index contributed by atoms with van der Waals surface area (Å²) in [6, 6.07) is 6.19. The van der Waals surface area contributed by atoms with E-state index in [1.807, 2.05) is 26.0 Å². The molecule has 0 radical (unpaired) electrons. The van der Waals surface area contributed by atoms with Crippen LogP contribution >= 0.6 is 0 Å². The van der Waals surface area contributed by atoms with E-state index >= 15 is 0 Å². The molecule has 0 spiro atoms. The highest BCUT2D eigenvalue weighted by molar-refractivity contribution is 6.48. The monoisotopic (exact) mass is 212 g/mol. The van der Waals surface area contributed by atoms with Crippen LogP contribution in [0.1, 0.15) is 13.8 Å². The highest BCUT2D eigenvalue weighted by atomic mass is 16.5. The standard InChI is InChI=1S/C13H18B2O/c1-3-5-10(4-2)9-16-11-6-7-12(14)13(15)8-11/h3-8H,9,14-15H2,1-2H3/b5-3-,10-4+. The number of ether oxygens (including phenoxy) is 1. The second kappa shape index (κ2) is 6.26. The van der Waals surface area contributed by atoms with Crippen molar-refractivity contribution in [3.63, 3.8) is 0 Å². The molecule has 0 bridgehead atoms. The lowest BCUT2D eigenvalue weighted by atomic mass is 9.81. The van der Waals surface area contributed by atoms with Crippen LogP contribution in [0.2, 0.25) is 0 Å². The Labute approximate surface area is 100 Å². The van der Waals surface area contributed by atoms with E-state index in [0.717, 1.165) is 5.75 Å². The molecular formula is C13H18B2O. The van der Waals surface area contributed by atoms with Gasteiger partial charge in [-0.3, -0.25) is 0 Å². The molecule has 16 heavy (non-hydrogen) atoms. The molecule has 3 heteroatoms. The summed E-state index contributed by atoms with van der Waals surface area (Å²) in [6.45, 7) is 4.67. The van der Waals surface area contributed by atoms with Gasteiger partial charge < -0.3 is 4.74 Å². The summed E-state index contributed by atoms with van der Waals surface area (Å²) in [7, 11) is 4.21. The molecule has 0 unspecified atom stereocenters. The topological polar surface area (TPSA) is 9.23 Å². The summed E-state index contributed by atoms with van der Waals surface area (Å²) < 4.78 is 5.73. The van der Waals surface area contributed by atoms with Crippen LogP contribution in [0.3, 0.4) is 0 Å². The minimum absolute atomic E-state index is 0.628. The van der Waals surface area contributed by atoms with Crippen molar-refractivity contribution in [1.29, 1.82) is 0 Å². The van der Waals surface area contributed by atoms with Gasteiger partial charge in [0, 0.05) is 0 Å². The largest absolute Gasteiger partial charge is 0.489 e. The summed E-state index contributed by atoms with van der Waals surface area (Å²) in [6.07, 6.45) is 6.17. The fourth-order valence-electron chi connectivity index (χ4n) is 1.41. The molecule has 0 aliphatic rings. The Hall–Kier alpha value is -1.37. The third-order valence-corrected chi connectivity index (χ3v) is 2.64. The predicted octanol–water partition coefficient (Wildman–Crippen LogP) is 0.105. The van der Waals surface area contributed by atoms with E-state index in [4.69, 9.17) is 4.74 Å². The summed E-state index contributed by atoms with van der Waals surface area (Å²) in [5.41, 5.74) is 3.76. The van der Waals surface area contributed by atoms with Crippen LogP contribution in [-0.2, 0) is 0 Å². The van der Waals surface area contributed by atoms with Gasteiger partial charge in [0.05, 0.1) is 0 Å². The molecule has 0 aromatic heterocycles. The lowest BCUT2D eigenvalue weighted by Crippen LogP contribution is -2.25. The van der Waals surface area contributed by atoms with Gasteiger partial charge in [0.25, 0.3) is 0 Å². The van der Waals surface area contributed by atoms with Crippen LogP contribution in [-0.4, -0.2) is 22.3 Å². The van der Waals surface area contributed by atoms with Crippen LogP contribution in [0.25, 0.3) is 0 Å². The van der Waals surface area contributed by atoms with Gasteiger partial charge in [0.15, 0.2) is 0 Å². The fourth-order valence-corrected chi connectivity index (χ4v) is 1.41. The van der Waals surface area contributed by atoms with Gasteiger partial charge in [0.2, 0.25) is 0 Å². The Kier molecular flexibility index (Phi) is 4.97. The van der Waals surface area contributed by atoms with Gasteiger partial charge in [-0.05, 0) is 31.6 Å². The van der Waals surface area contributed by atoms with E-state index in [-0.39, 0.29) is 0 Å². The normalized spacial score (nSPS) is 12.0. The molecule has 0 fully saturated rings. The molecule has 1 aromatic rings. The molecule has 0 N–H and O–H groups in total. The van der Waals surface area contributed by atoms with E-state index in [1.165, 1.54) is 16.5 Å². The number of hydrogen-bond donors (Lipinski definition) is 0. The molecular weight excluding hydrogens is 194 g/mol. The average Bonchev–Trinajstić information content (AvgIpc) is 2.28. The van der Waals surface area contributed by atoms with Crippen molar-refractivity contribution in [2.45, 2.75) is 13.8 Å². The molecule has 0 heterocycles. The third-order valence-electron chi connectivity index (χ3n) is 2.64. The Morgan fingerprint density at radius 1 is 1.25 bits per heavy atom. The third kappa shape index (κ3) is 3.65. The minimum atomic E-state index is 0.628. The summed E-state index contributed by atoms with van der Waals surface area (Å²) >= 11 is 0. The zero-order valence-electron chi connectivity index (χ0n) is 10.6. The lowest BCUT2D eigenvalue weighted by Gasteiger charge is -2.09. The summed E-state index contributed by atoms with van der Waals surface area (Å²) in [5.74, 6) is 0.937. The molecule has 1 nitrogen and oxygen atoms in total. The van der Waals surface area contributed by atoms with Crippen molar-refractivity contribution in [1.82, 2.24) is 0 Å². The van der Waals surface area contributed by atoms with E-state index in [0.29, 0.717) is 6.61 Å². The smallest absolute Gasteiger partial charge is 0.138 e.